The molecule has 2 heterocycles. The number of allylic oxidation sites excluding steroid dienone is 2. The van der Waals surface area contributed by atoms with Crippen molar-refractivity contribution in [2.45, 2.75) is 26.2 Å². The molecule has 0 saturated heterocycles. The van der Waals surface area contributed by atoms with E-state index in [2.05, 4.69) is 27.2 Å². The Hall–Kier alpha value is -2.54. The Morgan fingerprint density at radius 1 is 1.44 bits per heavy atom. The summed E-state index contributed by atoms with van der Waals surface area (Å²) < 4.78 is 7.49. The van der Waals surface area contributed by atoms with Gasteiger partial charge in [0.25, 0.3) is 5.91 Å². The van der Waals surface area contributed by atoms with E-state index in [0.717, 1.165) is 35.4 Å². The molecule has 0 bridgehead atoms. The average molecular weight is 356 g/mol. The van der Waals surface area contributed by atoms with Crippen molar-refractivity contribution in [2.24, 2.45) is 4.99 Å². The Bertz CT molecular complexity index is 910. The van der Waals surface area contributed by atoms with Crippen LogP contribution in [0.15, 0.2) is 40.3 Å². The Kier molecular flexibility index (Phi) is 4.31. The van der Waals surface area contributed by atoms with E-state index in [1.54, 1.807) is 11.3 Å². The first-order valence-corrected chi connectivity index (χ1v) is 9.36. The first-order valence-electron chi connectivity index (χ1n) is 8.49. The number of hydrogen-bond donors (Lipinski definition) is 2. The number of thiazole rings is 1. The number of hydrogen-bond acceptors (Lipinski definition) is 5. The molecule has 2 aromatic rings. The van der Waals surface area contributed by atoms with Gasteiger partial charge in [0.1, 0.15) is 5.75 Å². The summed E-state index contributed by atoms with van der Waals surface area (Å²) in [6.45, 7) is 2.83. The molecule has 1 aliphatic heterocycles. The quantitative estimate of drug-likeness (QED) is 0.885. The van der Waals surface area contributed by atoms with E-state index >= 15 is 0 Å². The van der Waals surface area contributed by atoms with E-state index in [1.165, 1.54) is 12.1 Å². The standard InChI is InChI=1S/C18H20N4O2S/c1-2-19-18-22(21-13-5-3-4-6-13)15(11-25-18)12-7-8-16-14(9-12)20-17(23)10-24-16/h5,7-9,11,21H,2-4,6,10H2,1H3,(H,20,23). The molecule has 1 aromatic carbocycles. The number of fused-ring (bicyclic) bond motifs is 1. The maximum atomic E-state index is 11.6. The van der Waals surface area contributed by atoms with Gasteiger partial charge in [-0.25, -0.2) is 4.68 Å². The van der Waals surface area contributed by atoms with Crippen LogP contribution in [0.1, 0.15) is 26.2 Å². The summed E-state index contributed by atoms with van der Waals surface area (Å²) >= 11 is 1.60. The third-order valence-electron chi connectivity index (χ3n) is 4.21. The number of benzene rings is 1. The molecule has 2 aliphatic rings. The molecular formula is C18H20N4O2S. The Balaban J connectivity index is 1.76. The van der Waals surface area contributed by atoms with Gasteiger partial charge in [-0.3, -0.25) is 15.2 Å². The molecule has 0 fully saturated rings. The molecule has 0 spiro atoms. The molecule has 1 amide bonds. The van der Waals surface area contributed by atoms with Crippen molar-refractivity contribution in [3.63, 3.8) is 0 Å². The summed E-state index contributed by atoms with van der Waals surface area (Å²) in [5.74, 6) is 0.578. The minimum absolute atomic E-state index is 0.0695. The van der Waals surface area contributed by atoms with Gasteiger partial charge in [-0.1, -0.05) is 6.08 Å². The minimum Gasteiger partial charge on any atom is -0.482 e. The number of ether oxygens (including phenoxy) is 1. The van der Waals surface area contributed by atoms with Gasteiger partial charge in [0.15, 0.2) is 6.61 Å². The van der Waals surface area contributed by atoms with Crippen molar-refractivity contribution >= 4 is 22.9 Å². The van der Waals surface area contributed by atoms with Gasteiger partial charge < -0.3 is 10.1 Å². The Labute approximate surface area is 149 Å². The van der Waals surface area contributed by atoms with Crippen molar-refractivity contribution in [3.8, 4) is 17.0 Å². The van der Waals surface area contributed by atoms with Crippen molar-refractivity contribution in [1.29, 1.82) is 0 Å². The van der Waals surface area contributed by atoms with Gasteiger partial charge >= 0.3 is 0 Å². The van der Waals surface area contributed by atoms with Gasteiger partial charge in [0, 0.05) is 23.2 Å². The van der Waals surface area contributed by atoms with Crippen LogP contribution in [0.25, 0.3) is 11.3 Å². The molecule has 0 atom stereocenters. The highest BCUT2D eigenvalue weighted by Gasteiger charge is 2.18. The molecule has 25 heavy (non-hydrogen) atoms. The highest BCUT2D eigenvalue weighted by atomic mass is 32.1. The normalized spacial score (nSPS) is 16.9. The number of amides is 1. The molecule has 4 rings (SSSR count). The third kappa shape index (κ3) is 3.19. The first-order chi connectivity index (χ1) is 12.2. The number of carbonyl (C=O) groups excluding carboxylic acids is 1. The van der Waals surface area contributed by atoms with Crippen LogP contribution in [0.5, 0.6) is 5.75 Å². The lowest BCUT2D eigenvalue weighted by atomic mass is 10.1. The molecule has 1 aromatic heterocycles. The van der Waals surface area contributed by atoms with Gasteiger partial charge in [-0.15, -0.1) is 11.3 Å². The van der Waals surface area contributed by atoms with Crippen LogP contribution in [-0.2, 0) is 4.79 Å². The summed E-state index contributed by atoms with van der Waals surface area (Å²) in [6, 6.07) is 5.86. The van der Waals surface area contributed by atoms with Gasteiger partial charge in [-0.2, -0.15) is 0 Å². The number of rotatable bonds is 4. The van der Waals surface area contributed by atoms with E-state index in [-0.39, 0.29) is 12.5 Å². The molecule has 0 saturated carbocycles. The maximum Gasteiger partial charge on any atom is 0.262 e. The number of nitrogens with zero attached hydrogens (tertiary/aromatic N) is 2. The number of nitrogens with one attached hydrogen (secondary N) is 2. The van der Waals surface area contributed by atoms with Crippen LogP contribution in [0.4, 0.5) is 5.69 Å². The topological polar surface area (TPSA) is 67.6 Å². The van der Waals surface area contributed by atoms with Crippen LogP contribution >= 0.6 is 11.3 Å². The minimum atomic E-state index is -0.126. The van der Waals surface area contributed by atoms with Gasteiger partial charge in [-0.05, 0) is 44.4 Å². The summed E-state index contributed by atoms with van der Waals surface area (Å²) in [7, 11) is 0. The number of carbonyl (C=O) groups is 1. The molecular weight excluding hydrogens is 336 g/mol. The molecule has 1 aliphatic carbocycles. The van der Waals surface area contributed by atoms with Crippen molar-refractivity contribution in [3.05, 3.63) is 40.2 Å². The fourth-order valence-electron chi connectivity index (χ4n) is 3.02. The van der Waals surface area contributed by atoms with Crippen LogP contribution in [0.3, 0.4) is 0 Å². The van der Waals surface area contributed by atoms with E-state index < -0.39 is 0 Å². The predicted octanol–water partition coefficient (Wildman–Crippen LogP) is 3.08. The van der Waals surface area contributed by atoms with Crippen molar-refractivity contribution in [1.82, 2.24) is 4.68 Å². The zero-order chi connectivity index (χ0) is 17.2. The smallest absolute Gasteiger partial charge is 0.262 e. The average Bonchev–Trinajstić information content (AvgIpc) is 3.26. The van der Waals surface area contributed by atoms with E-state index in [1.807, 2.05) is 29.8 Å². The second-order valence-corrected chi connectivity index (χ2v) is 6.83. The Morgan fingerprint density at radius 2 is 2.36 bits per heavy atom. The zero-order valence-electron chi connectivity index (χ0n) is 14.0. The second-order valence-electron chi connectivity index (χ2n) is 5.99. The lowest BCUT2D eigenvalue weighted by molar-refractivity contribution is -0.118. The van der Waals surface area contributed by atoms with Gasteiger partial charge in [0.05, 0.1) is 11.4 Å². The third-order valence-corrected chi connectivity index (χ3v) is 5.07. The van der Waals surface area contributed by atoms with E-state index in [4.69, 9.17) is 4.74 Å². The SMILES string of the molecule is CCN=c1scc(-c2ccc3c(c2)NC(=O)CO3)n1NC1=CCCC1. The lowest BCUT2D eigenvalue weighted by Crippen LogP contribution is -2.26. The molecule has 2 N–H and O–H groups in total. The molecule has 6 nitrogen and oxygen atoms in total. The van der Waals surface area contributed by atoms with E-state index in [9.17, 15) is 4.79 Å². The molecule has 130 valence electrons. The Morgan fingerprint density at radius 3 is 3.16 bits per heavy atom. The van der Waals surface area contributed by atoms with Crippen LogP contribution < -0.4 is 20.3 Å². The van der Waals surface area contributed by atoms with Crippen LogP contribution in [0, 0.1) is 0 Å². The fraction of sp³-hybridized carbons (Fsp3) is 0.333. The monoisotopic (exact) mass is 356 g/mol. The molecule has 0 unspecified atom stereocenters. The van der Waals surface area contributed by atoms with Crippen molar-refractivity contribution in [2.75, 3.05) is 23.9 Å². The predicted molar refractivity (Wildman–Crippen MR) is 99.3 cm³/mol. The second kappa shape index (κ2) is 6.76. The largest absolute Gasteiger partial charge is 0.482 e. The van der Waals surface area contributed by atoms with Crippen LogP contribution in [0.2, 0.25) is 0 Å². The van der Waals surface area contributed by atoms with Crippen LogP contribution in [-0.4, -0.2) is 23.7 Å². The summed E-state index contributed by atoms with van der Waals surface area (Å²) in [5, 5.41) is 4.96. The zero-order valence-corrected chi connectivity index (χ0v) is 14.9. The molecule has 0 radical (unpaired) electrons. The summed E-state index contributed by atoms with van der Waals surface area (Å²) in [6.07, 6.45) is 5.60. The molecule has 7 heteroatoms. The first kappa shape index (κ1) is 16.0. The van der Waals surface area contributed by atoms with E-state index in [0.29, 0.717) is 11.4 Å². The van der Waals surface area contributed by atoms with Crippen molar-refractivity contribution < 1.29 is 9.53 Å². The highest BCUT2D eigenvalue weighted by Crippen LogP contribution is 2.33. The fourth-order valence-corrected chi connectivity index (χ4v) is 3.94. The lowest BCUT2D eigenvalue weighted by Gasteiger charge is -2.19. The maximum absolute atomic E-state index is 11.6. The highest BCUT2D eigenvalue weighted by molar-refractivity contribution is 7.07. The number of aromatic nitrogens is 1. The number of anilines is 1. The summed E-state index contributed by atoms with van der Waals surface area (Å²) in [5.41, 5.74) is 7.47. The summed E-state index contributed by atoms with van der Waals surface area (Å²) in [4.78, 5) is 17.1. The van der Waals surface area contributed by atoms with Gasteiger partial charge in [0.2, 0.25) is 4.80 Å².